The van der Waals surface area contributed by atoms with E-state index in [1.54, 1.807) is 0 Å². The van der Waals surface area contributed by atoms with E-state index in [9.17, 15) is 0 Å². The van der Waals surface area contributed by atoms with Gasteiger partial charge in [0.2, 0.25) is 0 Å². The van der Waals surface area contributed by atoms with Crippen LogP contribution in [0.3, 0.4) is 0 Å². The zero-order valence-corrected chi connectivity index (χ0v) is 30.1. The summed E-state index contributed by atoms with van der Waals surface area (Å²) in [7, 11) is 0. The average molecular weight is 718 g/mol. The normalized spacial score (nSPS) is 11.6. The van der Waals surface area contributed by atoms with Crippen molar-refractivity contribution in [3.63, 3.8) is 0 Å². The molecule has 5 nitrogen and oxygen atoms in total. The van der Waals surface area contributed by atoms with Gasteiger partial charge in [-0.3, -0.25) is 0 Å². The minimum absolute atomic E-state index is 0.620. The second kappa shape index (κ2) is 13.0. The average Bonchev–Trinajstić information content (AvgIpc) is 3.85. The Morgan fingerprint density at radius 1 is 0.268 bits per heavy atom. The smallest absolute Gasteiger partial charge is 0.164 e. The molecule has 3 heterocycles. The van der Waals surface area contributed by atoms with Crippen LogP contribution in [0.5, 0.6) is 0 Å². The van der Waals surface area contributed by atoms with Crippen LogP contribution in [-0.2, 0) is 0 Å². The number of fused-ring (bicyclic) bond motifs is 6. The summed E-state index contributed by atoms with van der Waals surface area (Å²) in [6.07, 6.45) is 0. The highest BCUT2D eigenvalue weighted by Gasteiger charge is 2.18. The van der Waals surface area contributed by atoms with Gasteiger partial charge in [-0.1, -0.05) is 146 Å². The summed E-state index contributed by atoms with van der Waals surface area (Å²) in [4.78, 5) is 14.8. The van der Waals surface area contributed by atoms with E-state index in [-0.39, 0.29) is 0 Å². The van der Waals surface area contributed by atoms with E-state index in [1.165, 1.54) is 0 Å². The van der Waals surface area contributed by atoms with Crippen molar-refractivity contribution in [3.05, 3.63) is 188 Å². The van der Waals surface area contributed by atoms with Gasteiger partial charge < -0.3 is 8.83 Å². The molecule has 0 saturated heterocycles. The molecule has 0 aliphatic rings. The van der Waals surface area contributed by atoms with E-state index in [0.29, 0.717) is 17.5 Å². The molecule has 11 rings (SSSR count). The summed E-state index contributed by atoms with van der Waals surface area (Å²) in [5.41, 5.74) is 12.9. The van der Waals surface area contributed by atoms with Crippen LogP contribution in [0.1, 0.15) is 0 Å². The van der Waals surface area contributed by atoms with Gasteiger partial charge in [0.25, 0.3) is 0 Å². The third-order valence-corrected chi connectivity index (χ3v) is 10.6. The molecule has 56 heavy (non-hydrogen) atoms. The number of aromatic nitrogens is 3. The van der Waals surface area contributed by atoms with Crippen molar-refractivity contribution >= 4 is 43.9 Å². The predicted molar refractivity (Wildman–Crippen MR) is 227 cm³/mol. The maximum absolute atomic E-state index is 6.51. The molecular formula is C51H31N3O2. The van der Waals surface area contributed by atoms with Crippen molar-refractivity contribution in [2.45, 2.75) is 0 Å². The van der Waals surface area contributed by atoms with E-state index in [4.69, 9.17) is 23.8 Å². The molecule has 0 radical (unpaired) electrons. The zero-order chi connectivity index (χ0) is 37.0. The molecule has 0 aliphatic carbocycles. The van der Waals surface area contributed by atoms with Gasteiger partial charge in [0.1, 0.15) is 22.3 Å². The van der Waals surface area contributed by atoms with Crippen LogP contribution in [0, 0.1) is 0 Å². The molecule has 0 spiro atoms. The van der Waals surface area contributed by atoms with E-state index in [1.807, 2.05) is 78.9 Å². The van der Waals surface area contributed by atoms with Gasteiger partial charge in [0, 0.05) is 38.2 Å². The number of hydrogen-bond acceptors (Lipinski definition) is 5. The number of furan rings is 2. The summed E-state index contributed by atoms with van der Waals surface area (Å²) in [6.45, 7) is 0. The van der Waals surface area contributed by atoms with Crippen molar-refractivity contribution < 1.29 is 8.83 Å². The van der Waals surface area contributed by atoms with Crippen LogP contribution in [0.4, 0.5) is 0 Å². The second-order valence-electron chi connectivity index (χ2n) is 14.0. The van der Waals surface area contributed by atoms with E-state index in [2.05, 4.69) is 109 Å². The van der Waals surface area contributed by atoms with Gasteiger partial charge in [-0.2, -0.15) is 0 Å². The third-order valence-electron chi connectivity index (χ3n) is 10.6. The summed E-state index contributed by atoms with van der Waals surface area (Å²) in [5, 5.41) is 4.39. The fourth-order valence-electron chi connectivity index (χ4n) is 7.87. The molecule has 0 amide bonds. The minimum atomic E-state index is 0.620. The SMILES string of the molecule is c1ccc(-c2nc(-c3ccccc3)nc(-c3cccc(-c4ccc5c(c4)oc4ccc(-c6ccccc6-c6cccc7oc8ccccc8c67)cc45)c3)n2)cc1. The Hall–Kier alpha value is -7.63. The van der Waals surface area contributed by atoms with Crippen LogP contribution >= 0.6 is 0 Å². The van der Waals surface area contributed by atoms with Crippen molar-refractivity contribution in [1.29, 1.82) is 0 Å². The quantitative estimate of drug-likeness (QED) is 0.171. The largest absolute Gasteiger partial charge is 0.456 e. The lowest BCUT2D eigenvalue weighted by molar-refractivity contribution is 0.668. The molecule has 5 heteroatoms. The summed E-state index contributed by atoms with van der Waals surface area (Å²) < 4.78 is 12.8. The third kappa shape index (κ3) is 5.45. The molecule has 0 saturated carbocycles. The highest BCUT2D eigenvalue weighted by Crippen LogP contribution is 2.42. The van der Waals surface area contributed by atoms with Crippen molar-refractivity contribution in [2.24, 2.45) is 0 Å². The van der Waals surface area contributed by atoms with E-state index < -0.39 is 0 Å². The molecule has 8 aromatic carbocycles. The van der Waals surface area contributed by atoms with Crippen molar-refractivity contribution in [3.8, 4) is 67.5 Å². The lowest BCUT2D eigenvalue weighted by Gasteiger charge is -2.11. The van der Waals surface area contributed by atoms with Crippen LogP contribution < -0.4 is 0 Å². The van der Waals surface area contributed by atoms with Crippen molar-refractivity contribution in [2.75, 3.05) is 0 Å². The first-order chi connectivity index (χ1) is 27.7. The lowest BCUT2D eigenvalue weighted by Crippen LogP contribution is -2.00. The molecule has 0 atom stereocenters. The number of nitrogens with zero attached hydrogens (tertiary/aromatic N) is 3. The monoisotopic (exact) mass is 717 g/mol. The minimum Gasteiger partial charge on any atom is -0.456 e. The first kappa shape index (κ1) is 31.9. The Morgan fingerprint density at radius 2 is 0.804 bits per heavy atom. The maximum Gasteiger partial charge on any atom is 0.164 e. The number of hydrogen-bond donors (Lipinski definition) is 0. The lowest BCUT2D eigenvalue weighted by atomic mass is 9.91. The first-order valence-corrected chi connectivity index (χ1v) is 18.7. The molecule has 0 N–H and O–H groups in total. The highest BCUT2D eigenvalue weighted by atomic mass is 16.3. The van der Waals surface area contributed by atoms with Gasteiger partial charge in [-0.05, 0) is 75.8 Å². The summed E-state index contributed by atoms with van der Waals surface area (Å²) >= 11 is 0. The Balaban J connectivity index is 0.980. The van der Waals surface area contributed by atoms with E-state index >= 15 is 0 Å². The Morgan fingerprint density at radius 3 is 1.59 bits per heavy atom. The molecule has 0 aliphatic heterocycles. The second-order valence-corrected chi connectivity index (χ2v) is 14.0. The number of para-hydroxylation sites is 1. The van der Waals surface area contributed by atoms with Gasteiger partial charge in [0.05, 0.1) is 0 Å². The molecule has 0 bridgehead atoms. The van der Waals surface area contributed by atoms with Gasteiger partial charge in [-0.25, -0.2) is 15.0 Å². The topological polar surface area (TPSA) is 65.0 Å². The molecule has 0 fully saturated rings. The van der Waals surface area contributed by atoms with Crippen LogP contribution in [0.25, 0.3) is 111 Å². The van der Waals surface area contributed by atoms with Crippen LogP contribution in [0.2, 0.25) is 0 Å². The maximum atomic E-state index is 6.51. The van der Waals surface area contributed by atoms with Gasteiger partial charge in [0.15, 0.2) is 17.5 Å². The predicted octanol–water partition coefficient (Wildman–Crippen LogP) is 13.7. The van der Waals surface area contributed by atoms with E-state index in [0.717, 1.165) is 93.9 Å². The number of benzene rings is 8. The Labute approximate surface area is 322 Å². The molecule has 3 aromatic heterocycles. The van der Waals surface area contributed by atoms with Gasteiger partial charge in [-0.15, -0.1) is 0 Å². The Bertz CT molecular complexity index is 3200. The fourth-order valence-corrected chi connectivity index (χ4v) is 7.87. The molecule has 262 valence electrons. The Kier molecular flexibility index (Phi) is 7.42. The van der Waals surface area contributed by atoms with Crippen LogP contribution in [0.15, 0.2) is 197 Å². The summed E-state index contributed by atoms with van der Waals surface area (Å²) in [5.74, 6) is 1.89. The first-order valence-electron chi connectivity index (χ1n) is 18.7. The van der Waals surface area contributed by atoms with Crippen LogP contribution in [-0.4, -0.2) is 15.0 Å². The molecule has 0 unspecified atom stereocenters. The standard InChI is InChI=1S/C51H31N3O2/c1-3-13-32(14-4-1)49-52-50(33-15-5-2-6-16-33)54-51(53-49)37-18-11-17-34(29-37)35-25-27-40-43-30-36(26-28-45(43)56-47(40)31-35)38-19-7-8-20-39(38)41-22-12-24-46-48(41)42-21-9-10-23-44(42)55-46/h1-31H. The fraction of sp³-hybridized carbons (Fsp3) is 0. The molecule has 11 aromatic rings. The number of rotatable bonds is 6. The van der Waals surface area contributed by atoms with Gasteiger partial charge >= 0.3 is 0 Å². The van der Waals surface area contributed by atoms with Crippen molar-refractivity contribution in [1.82, 2.24) is 15.0 Å². The molecular weight excluding hydrogens is 687 g/mol. The highest BCUT2D eigenvalue weighted by molar-refractivity contribution is 6.14. The zero-order valence-electron chi connectivity index (χ0n) is 30.1. The summed E-state index contributed by atoms with van der Waals surface area (Å²) in [6, 6.07) is 64.6.